The summed E-state index contributed by atoms with van der Waals surface area (Å²) < 4.78 is 5.78. The molecule has 0 saturated carbocycles. The van der Waals surface area contributed by atoms with E-state index in [4.69, 9.17) is 4.42 Å². The van der Waals surface area contributed by atoms with E-state index in [1.165, 1.54) is 0 Å². The summed E-state index contributed by atoms with van der Waals surface area (Å²) in [4.78, 5) is 24.7. The SMILES string of the molecule is CCc1cc2c(o1)-c1ccc(CCCC(C)C)cc1C(=O)C2=O. The Hall–Kier alpha value is -2.16. The van der Waals surface area contributed by atoms with Crippen LogP contribution in [0.4, 0.5) is 0 Å². The lowest BCUT2D eigenvalue weighted by Crippen LogP contribution is -2.20. The molecule has 1 aromatic heterocycles. The normalized spacial score (nSPS) is 13.4. The number of hydrogen-bond acceptors (Lipinski definition) is 3. The van der Waals surface area contributed by atoms with E-state index in [1.54, 1.807) is 6.07 Å². The fourth-order valence-electron chi connectivity index (χ4n) is 3.08. The van der Waals surface area contributed by atoms with Crippen LogP contribution in [0.5, 0.6) is 0 Å². The molecule has 120 valence electrons. The van der Waals surface area contributed by atoms with E-state index in [1.807, 2.05) is 25.1 Å². The van der Waals surface area contributed by atoms with Gasteiger partial charge in [-0.3, -0.25) is 9.59 Å². The molecule has 0 spiro atoms. The van der Waals surface area contributed by atoms with Crippen LogP contribution in [0, 0.1) is 5.92 Å². The molecule has 0 bridgehead atoms. The molecule has 1 aliphatic rings. The number of benzene rings is 1. The van der Waals surface area contributed by atoms with Gasteiger partial charge >= 0.3 is 0 Å². The van der Waals surface area contributed by atoms with Crippen LogP contribution in [0.15, 0.2) is 28.7 Å². The summed E-state index contributed by atoms with van der Waals surface area (Å²) in [5.41, 5.74) is 2.75. The maximum Gasteiger partial charge on any atom is 0.237 e. The Morgan fingerprint density at radius 1 is 1.00 bits per heavy atom. The highest BCUT2D eigenvalue weighted by Gasteiger charge is 2.33. The van der Waals surface area contributed by atoms with E-state index in [9.17, 15) is 9.59 Å². The van der Waals surface area contributed by atoms with Crippen molar-refractivity contribution >= 4 is 11.6 Å². The zero-order valence-electron chi connectivity index (χ0n) is 13.9. The minimum absolute atomic E-state index is 0.409. The zero-order valence-corrected chi connectivity index (χ0v) is 13.9. The number of rotatable bonds is 5. The van der Waals surface area contributed by atoms with Crippen molar-refractivity contribution in [1.82, 2.24) is 0 Å². The largest absolute Gasteiger partial charge is 0.460 e. The molecular weight excluding hydrogens is 288 g/mol. The molecule has 1 heterocycles. The quantitative estimate of drug-likeness (QED) is 0.740. The first-order valence-electron chi connectivity index (χ1n) is 8.36. The van der Waals surface area contributed by atoms with E-state index in [2.05, 4.69) is 13.8 Å². The number of fused-ring (bicyclic) bond motifs is 3. The molecule has 3 rings (SSSR count). The third kappa shape index (κ3) is 2.88. The summed E-state index contributed by atoms with van der Waals surface area (Å²) >= 11 is 0. The topological polar surface area (TPSA) is 47.3 Å². The molecule has 0 aliphatic heterocycles. The van der Waals surface area contributed by atoms with Crippen molar-refractivity contribution < 1.29 is 14.0 Å². The molecule has 0 amide bonds. The van der Waals surface area contributed by atoms with Crippen LogP contribution < -0.4 is 0 Å². The van der Waals surface area contributed by atoms with E-state index in [-0.39, 0.29) is 0 Å². The molecule has 0 saturated heterocycles. The van der Waals surface area contributed by atoms with E-state index >= 15 is 0 Å². The Morgan fingerprint density at radius 2 is 1.74 bits per heavy atom. The molecule has 0 fully saturated rings. The number of furan rings is 1. The Bertz CT molecular complexity index is 765. The van der Waals surface area contributed by atoms with Crippen LogP contribution >= 0.6 is 0 Å². The van der Waals surface area contributed by atoms with Gasteiger partial charge in [-0.15, -0.1) is 0 Å². The van der Waals surface area contributed by atoms with Crippen molar-refractivity contribution in [1.29, 1.82) is 0 Å². The van der Waals surface area contributed by atoms with Gasteiger partial charge in [0.05, 0.1) is 5.56 Å². The molecule has 1 aromatic carbocycles. The van der Waals surface area contributed by atoms with Crippen molar-refractivity contribution in [2.75, 3.05) is 0 Å². The Labute approximate surface area is 136 Å². The average Bonchev–Trinajstić information content (AvgIpc) is 2.97. The summed E-state index contributed by atoms with van der Waals surface area (Å²) in [6, 6.07) is 7.54. The van der Waals surface area contributed by atoms with Crippen molar-refractivity contribution in [2.45, 2.75) is 46.5 Å². The summed E-state index contributed by atoms with van der Waals surface area (Å²) in [5.74, 6) is 1.10. The Balaban J connectivity index is 1.96. The van der Waals surface area contributed by atoms with Gasteiger partial charge in [-0.25, -0.2) is 0 Å². The van der Waals surface area contributed by atoms with Crippen molar-refractivity contribution in [3.63, 3.8) is 0 Å². The van der Waals surface area contributed by atoms with Crippen LogP contribution in [0.1, 0.15) is 65.7 Å². The summed E-state index contributed by atoms with van der Waals surface area (Å²) in [7, 11) is 0. The van der Waals surface area contributed by atoms with Crippen LogP contribution in [0.3, 0.4) is 0 Å². The van der Waals surface area contributed by atoms with Gasteiger partial charge in [0, 0.05) is 17.5 Å². The highest BCUT2D eigenvalue weighted by Crippen LogP contribution is 2.36. The molecule has 3 nitrogen and oxygen atoms in total. The van der Waals surface area contributed by atoms with Gasteiger partial charge in [0.2, 0.25) is 11.6 Å². The first-order chi connectivity index (χ1) is 11.0. The minimum atomic E-state index is -0.449. The smallest absolute Gasteiger partial charge is 0.237 e. The molecule has 1 aliphatic carbocycles. The lowest BCUT2D eigenvalue weighted by atomic mass is 9.87. The van der Waals surface area contributed by atoms with Gasteiger partial charge in [0.25, 0.3) is 0 Å². The van der Waals surface area contributed by atoms with Crippen LogP contribution in [0.2, 0.25) is 0 Å². The van der Waals surface area contributed by atoms with Gasteiger partial charge in [0.15, 0.2) is 0 Å². The van der Waals surface area contributed by atoms with Gasteiger partial charge in [-0.05, 0) is 36.5 Å². The fraction of sp³-hybridized carbons (Fsp3) is 0.400. The second-order valence-corrected chi connectivity index (χ2v) is 6.63. The van der Waals surface area contributed by atoms with Crippen LogP contribution in [-0.4, -0.2) is 11.6 Å². The standard InChI is InChI=1S/C20H22O3/c1-4-14-11-17-19(22)18(21)16-10-13(7-5-6-12(2)3)8-9-15(16)20(17)23-14/h8-12H,4-7H2,1-3H3. The maximum atomic E-state index is 12.4. The number of aryl methyl sites for hydroxylation is 2. The van der Waals surface area contributed by atoms with E-state index < -0.39 is 11.6 Å². The van der Waals surface area contributed by atoms with Crippen LogP contribution in [0.25, 0.3) is 11.3 Å². The monoisotopic (exact) mass is 310 g/mol. The number of Topliss-reactive ketones (excluding diaryl/α,β-unsaturated/α-hetero) is 2. The maximum absolute atomic E-state index is 12.4. The highest BCUT2D eigenvalue weighted by atomic mass is 16.3. The number of carbonyl (C=O) groups excluding carboxylic acids is 2. The Morgan fingerprint density at radius 3 is 2.43 bits per heavy atom. The number of carbonyl (C=O) groups is 2. The van der Waals surface area contributed by atoms with Gasteiger partial charge in [-0.1, -0.05) is 39.3 Å². The Kier molecular flexibility index (Phi) is 4.20. The van der Waals surface area contributed by atoms with Crippen LogP contribution in [-0.2, 0) is 12.8 Å². The van der Waals surface area contributed by atoms with Crippen molar-refractivity contribution in [3.05, 3.63) is 46.7 Å². The van der Waals surface area contributed by atoms with Gasteiger partial charge < -0.3 is 4.42 Å². The predicted octanol–water partition coefficient (Wildman–Crippen LogP) is 4.87. The second kappa shape index (κ2) is 6.15. The second-order valence-electron chi connectivity index (χ2n) is 6.63. The highest BCUT2D eigenvalue weighted by molar-refractivity contribution is 6.52. The van der Waals surface area contributed by atoms with E-state index in [0.29, 0.717) is 29.2 Å². The molecule has 0 radical (unpaired) electrons. The third-order valence-corrected chi connectivity index (χ3v) is 4.40. The fourth-order valence-corrected chi connectivity index (χ4v) is 3.08. The average molecular weight is 310 g/mol. The molecule has 0 atom stereocenters. The molecule has 0 unspecified atom stereocenters. The number of hydrogen-bond donors (Lipinski definition) is 0. The molecular formula is C20H22O3. The zero-order chi connectivity index (χ0) is 16.6. The third-order valence-electron chi connectivity index (χ3n) is 4.40. The molecule has 0 N–H and O–H groups in total. The predicted molar refractivity (Wildman–Crippen MR) is 90.0 cm³/mol. The lowest BCUT2D eigenvalue weighted by molar-refractivity contribution is 0.0814. The molecule has 2 aromatic rings. The summed E-state index contributed by atoms with van der Waals surface area (Å²) in [6.45, 7) is 6.38. The summed E-state index contributed by atoms with van der Waals surface area (Å²) in [5, 5.41) is 0. The summed E-state index contributed by atoms with van der Waals surface area (Å²) in [6.07, 6.45) is 3.88. The molecule has 23 heavy (non-hydrogen) atoms. The minimum Gasteiger partial charge on any atom is -0.460 e. The molecule has 3 heteroatoms. The van der Waals surface area contributed by atoms with Gasteiger partial charge in [0.1, 0.15) is 11.5 Å². The van der Waals surface area contributed by atoms with Gasteiger partial charge in [-0.2, -0.15) is 0 Å². The van der Waals surface area contributed by atoms with Crippen molar-refractivity contribution in [2.24, 2.45) is 5.92 Å². The van der Waals surface area contributed by atoms with E-state index in [0.717, 1.165) is 36.1 Å². The first-order valence-corrected chi connectivity index (χ1v) is 8.36. The number of ketones is 2. The lowest BCUT2D eigenvalue weighted by Gasteiger charge is -2.14. The first kappa shape index (κ1) is 15.7. The van der Waals surface area contributed by atoms with Crippen molar-refractivity contribution in [3.8, 4) is 11.3 Å².